The Morgan fingerprint density at radius 1 is 1.00 bits per heavy atom. The second-order valence-corrected chi connectivity index (χ2v) is 1.30. The SMILES string of the molecule is Fc1ccccc1.[AtH]. The van der Waals surface area contributed by atoms with E-state index >= 15 is 0 Å². The molecule has 0 aromatic heterocycles. The molecular formula is C6H6AtF. The molecule has 0 fully saturated rings. The molecular weight excluding hydrogens is 301 g/mol. The Morgan fingerprint density at radius 3 is 1.75 bits per heavy atom. The summed E-state index contributed by atoms with van der Waals surface area (Å²) in [4.78, 5) is 0. The van der Waals surface area contributed by atoms with Crippen molar-refractivity contribution in [3.8, 4) is 0 Å². The van der Waals surface area contributed by atoms with E-state index in [1.54, 1.807) is 18.2 Å². The van der Waals surface area contributed by atoms with Gasteiger partial charge in [0, 0.05) is 0 Å². The van der Waals surface area contributed by atoms with Gasteiger partial charge in [-0.3, -0.25) is 0 Å². The van der Waals surface area contributed by atoms with Gasteiger partial charge >= 0.3 is 26.2 Å². The molecule has 0 aliphatic rings. The Bertz CT molecular complexity index is 138. The van der Waals surface area contributed by atoms with Crippen LogP contribution in [0, 0.1) is 32.0 Å². The summed E-state index contributed by atoms with van der Waals surface area (Å²) in [7, 11) is 0. The van der Waals surface area contributed by atoms with Crippen LogP contribution in [-0.4, -0.2) is 0 Å². The van der Waals surface area contributed by atoms with Gasteiger partial charge < -0.3 is 0 Å². The molecule has 0 bridgehead atoms. The van der Waals surface area contributed by atoms with Gasteiger partial charge in [-0.2, -0.15) is 0 Å². The molecule has 1 aromatic carbocycles. The first-order valence-electron chi connectivity index (χ1n) is 2.10. The van der Waals surface area contributed by atoms with Crippen molar-refractivity contribution in [1.29, 1.82) is 0 Å². The Kier molecular flexibility index (Phi) is 3.98. The number of rotatable bonds is 0. The molecule has 44 valence electrons. The maximum absolute atomic E-state index is 11.9. The zero-order chi connectivity index (χ0) is 5.11. The molecule has 0 N–H and O–H groups in total. The first kappa shape index (κ1) is 8.03. The molecule has 0 atom stereocenters. The summed E-state index contributed by atoms with van der Waals surface area (Å²) in [6, 6.07) is 7.94. The Morgan fingerprint density at radius 2 is 1.50 bits per heavy atom. The molecule has 0 aliphatic carbocycles. The van der Waals surface area contributed by atoms with Gasteiger partial charge in [-0.25, -0.2) is 4.39 Å². The van der Waals surface area contributed by atoms with Crippen LogP contribution in [0.1, 0.15) is 0 Å². The predicted molar refractivity (Wildman–Crippen MR) is 27.8 cm³/mol. The molecule has 1 aromatic rings. The van der Waals surface area contributed by atoms with Crippen LogP contribution in [0.2, 0.25) is 0 Å². The van der Waals surface area contributed by atoms with Crippen LogP contribution in [0.5, 0.6) is 0 Å². The van der Waals surface area contributed by atoms with E-state index in [4.69, 9.17) is 0 Å². The Hall–Kier alpha value is 0.0331. The van der Waals surface area contributed by atoms with Gasteiger partial charge in [-0.05, 0) is 12.1 Å². The molecule has 0 nitrogen and oxygen atoms in total. The van der Waals surface area contributed by atoms with E-state index in [0.29, 0.717) is 0 Å². The topological polar surface area (TPSA) is 0 Å². The monoisotopic (exact) mass is 307 g/mol. The normalized spacial score (nSPS) is 7.62. The van der Waals surface area contributed by atoms with Gasteiger partial charge in [0.05, 0.1) is 0 Å². The molecule has 8 heavy (non-hydrogen) atoms. The molecule has 1 rings (SSSR count). The fourth-order valence-electron chi connectivity index (χ4n) is 0.415. The fourth-order valence-corrected chi connectivity index (χ4v) is 0.415. The second-order valence-electron chi connectivity index (χ2n) is 1.30. The Balaban J connectivity index is 0.000000490. The summed E-state index contributed by atoms with van der Waals surface area (Å²) < 4.78 is 11.9. The molecule has 0 heterocycles. The van der Waals surface area contributed by atoms with Gasteiger partial charge in [-0.15, -0.1) is 0 Å². The van der Waals surface area contributed by atoms with Gasteiger partial charge in [0.15, 0.2) is 0 Å². The summed E-state index contributed by atoms with van der Waals surface area (Å²) in [5.74, 6) is -0.178. The zero-order valence-electron chi connectivity index (χ0n) is 4.17. The minimum absolute atomic E-state index is 0. The standard InChI is InChI=1S/C6H5F.AtH/c7-6-4-2-1-3-5-6;/h1-5H;1H. The van der Waals surface area contributed by atoms with Gasteiger partial charge in [-0.1, -0.05) is 18.2 Å². The molecule has 0 radical (unpaired) electrons. The average molecular weight is 307 g/mol. The summed E-state index contributed by atoms with van der Waals surface area (Å²) in [5, 5.41) is 0. The number of hydrogen-bond donors (Lipinski definition) is 0. The third-order valence-electron chi connectivity index (χ3n) is 0.733. The zero-order valence-corrected chi connectivity index (χ0v) is 7.35. The molecule has 0 spiro atoms. The van der Waals surface area contributed by atoms with Crippen LogP contribution < -0.4 is 0 Å². The molecule has 2 heteroatoms. The summed E-state index contributed by atoms with van der Waals surface area (Å²) >= 11 is 0. The van der Waals surface area contributed by atoms with Crippen LogP contribution in [0.3, 0.4) is 0 Å². The first-order chi connectivity index (χ1) is 3.39. The third kappa shape index (κ3) is 2.37. The van der Waals surface area contributed by atoms with Crippen molar-refractivity contribution in [2.24, 2.45) is 0 Å². The molecule has 0 amide bonds. The van der Waals surface area contributed by atoms with Crippen molar-refractivity contribution in [2.75, 3.05) is 0 Å². The molecule has 0 unspecified atom stereocenters. The van der Waals surface area contributed by atoms with E-state index in [0.717, 1.165) is 0 Å². The summed E-state index contributed by atoms with van der Waals surface area (Å²) in [6.07, 6.45) is 0. The van der Waals surface area contributed by atoms with E-state index in [1.807, 2.05) is 0 Å². The maximum atomic E-state index is 11.9. The number of halogens is 1. The first-order valence-corrected chi connectivity index (χ1v) is 2.10. The van der Waals surface area contributed by atoms with Gasteiger partial charge in [0.1, 0.15) is 5.82 Å². The van der Waals surface area contributed by atoms with Crippen LogP contribution in [0.25, 0.3) is 0 Å². The van der Waals surface area contributed by atoms with Gasteiger partial charge in [0.25, 0.3) is 0 Å². The van der Waals surface area contributed by atoms with E-state index < -0.39 is 0 Å². The third-order valence-corrected chi connectivity index (χ3v) is 0.733. The van der Waals surface area contributed by atoms with Crippen LogP contribution in [0.4, 0.5) is 4.39 Å². The van der Waals surface area contributed by atoms with Crippen molar-refractivity contribution >= 4 is 0 Å². The van der Waals surface area contributed by atoms with Crippen molar-refractivity contribution in [2.45, 2.75) is 0 Å². The predicted octanol–water partition coefficient (Wildman–Crippen LogP) is 1.56. The number of hydrogen-bond acceptors (Lipinski definition) is 0. The number of benzene rings is 1. The van der Waals surface area contributed by atoms with Crippen LogP contribution >= 0.6 is 0 Å². The summed E-state index contributed by atoms with van der Waals surface area (Å²) in [6.45, 7) is 0. The van der Waals surface area contributed by atoms with E-state index in [9.17, 15) is 4.39 Å². The molecule has 0 aliphatic heterocycles. The average Bonchev–Trinajstić information content (AvgIpc) is 1.69. The fraction of sp³-hybridized carbons (Fsp3) is 0. The van der Waals surface area contributed by atoms with Crippen molar-refractivity contribution in [1.82, 2.24) is 0 Å². The Labute approximate surface area is 66.8 Å². The summed E-state index contributed by atoms with van der Waals surface area (Å²) in [5.41, 5.74) is 0. The molecule has 0 saturated carbocycles. The van der Waals surface area contributed by atoms with E-state index in [2.05, 4.69) is 0 Å². The van der Waals surface area contributed by atoms with Gasteiger partial charge in [0.2, 0.25) is 0 Å². The van der Waals surface area contributed by atoms with Crippen LogP contribution in [0.15, 0.2) is 30.3 Å². The molecule has 0 saturated heterocycles. The van der Waals surface area contributed by atoms with Crippen LogP contribution in [-0.2, 0) is 0 Å². The van der Waals surface area contributed by atoms with Crippen molar-refractivity contribution in [3.63, 3.8) is 0 Å². The van der Waals surface area contributed by atoms with Crippen molar-refractivity contribution < 1.29 is 30.6 Å². The second kappa shape index (κ2) is 3.97. The minimum atomic E-state index is -0.178. The van der Waals surface area contributed by atoms with E-state index in [1.165, 1.54) is 12.1 Å². The van der Waals surface area contributed by atoms with Crippen molar-refractivity contribution in [3.05, 3.63) is 36.1 Å². The van der Waals surface area contributed by atoms with E-state index in [-0.39, 0.29) is 32.0 Å². The quantitative estimate of drug-likeness (QED) is 0.682.